The summed E-state index contributed by atoms with van der Waals surface area (Å²) in [4.78, 5) is 16.9. The van der Waals surface area contributed by atoms with Gasteiger partial charge < -0.3 is 10.1 Å². The number of hydrogen-bond donors (Lipinski definition) is 1. The predicted octanol–water partition coefficient (Wildman–Crippen LogP) is 2.57. The number of halogens is 1. The topological polar surface area (TPSA) is 88.6 Å². The van der Waals surface area contributed by atoms with E-state index in [9.17, 15) is 13.2 Å². The van der Waals surface area contributed by atoms with Crippen LogP contribution < -0.4 is 10.1 Å². The molecule has 0 atom stereocenters. The molecule has 1 aromatic heterocycles. The molecule has 0 unspecified atom stereocenters. The average Bonchev–Trinajstić information content (AvgIpc) is 2.99. The molecule has 1 N–H and O–H groups in total. The molecule has 0 radical (unpaired) electrons. The summed E-state index contributed by atoms with van der Waals surface area (Å²) in [5.41, 5.74) is 0.613. The van der Waals surface area contributed by atoms with Gasteiger partial charge in [-0.15, -0.1) is 0 Å². The van der Waals surface area contributed by atoms with E-state index >= 15 is 0 Å². The molecule has 7 nitrogen and oxygen atoms in total. The maximum atomic E-state index is 12.5. The first-order valence-electron chi connectivity index (χ1n) is 7.68. The second kappa shape index (κ2) is 7.06. The van der Waals surface area contributed by atoms with Crippen LogP contribution in [0.2, 0.25) is 5.02 Å². The van der Waals surface area contributed by atoms with Gasteiger partial charge in [-0.3, -0.25) is 4.79 Å². The number of fused-ring (bicyclic) bond motifs is 1. The standard InChI is InChI=1S/C15H18ClN3O4S2/c1-23-11-4-3-10(16)13-12(11)17-15(24-13)18-14(20)9-5-7-19(8-6-9)25(2,21)22/h3-4,9H,5-8H2,1-2H3,(H,17,18,20). The minimum absolute atomic E-state index is 0.151. The number of aromatic nitrogens is 1. The van der Waals surface area contributed by atoms with Crippen LogP contribution in [-0.2, 0) is 14.8 Å². The molecule has 1 saturated heterocycles. The van der Waals surface area contributed by atoms with E-state index in [0.717, 1.165) is 4.70 Å². The molecule has 1 aromatic carbocycles. The second-order valence-corrected chi connectivity index (χ2v) is 9.26. The number of nitrogens with zero attached hydrogens (tertiary/aromatic N) is 2. The van der Waals surface area contributed by atoms with Gasteiger partial charge in [-0.2, -0.15) is 0 Å². The van der Waals surface area contributed by atoms with E-state index in [1.807, 2.05) is 0 Å². The number of piperidine rings is 1. The maximum absolute atomic E-state index is 12.5. The number of hydrogen-bond acceptors (Lipinski definition) is 6. The van der Waals surface area contributed by atoms with Crippen LogP contribution in [0.15, 0.2) is 12.1 Å². The zero-order valence-corrected chi connectivity index (χ0v) is 16.2. The highest BCUT2D eigenvalue weighted by molar-refractivity contribution is 7.88. The Morgan fingerprint density at radius 2 is 2.08 bits per heavy atom. The van der Waals surface area contributed by atoms with Crippen molar-refractivity contribution in [3.05, 3.63) is 17.2 Å². The lowest BCUT2D eigenvalue weighted by Crippen LogP contribution is -2.40. The van der Waals surface area contributed by atoms with Gasteiger partial charge in [0.15, 0.2) is 5.13 Å². The molecule has 1 fully saturated rings. The zero-order valence-electron chi connectivity index (χ0n) is 13.8. The molecule has 136 valence electrons. The molecule has 25 heavy (non-hydrogen) atoms. The van der Waals surface area contributed by atoms with Crippen molar-refractivity contribution in [3.63, 3.8) is 0 Å². The van der Waals surface area contributed by atoms with Crippen LogP contribution >= 0.6 is 22.9 Å². The molecule has 2 aromatic rings. The van der Waals surface area contributed by atoms with Crippen molar-refractivity contribution in [1.82, 2.24) is 9.29 Å². The third-order valence-corrected chi connectivity index (χ3v) is 6.94. The van der Waals surface area contributed by atoms with E-state index in [0.29, 0.717) is 47.4 Å². The van der Waals surface area contributed by atoms with Gasteiger partial charge in [-0.1, -0.05) is 22.9 Å². The number of ether oxygens (including phenoxy) is 1. The largest absolute Gasteiger partial charge is 0.494 e. The van der Waals surface area contributed by atoms with Crippen molar-refractivity contribution in [2.24, 2.45) is 5.92 Å². The molecule has 10 heteroatoms. The van der Waals surface area contributed by atoms with Gasteiger partial charge in [-0.05, 0) is 25.0 Å². The van der Waals surface area contributed by atoms with Crippen molar-refractivity contribution in [2.75, 3.05) is 31.8 Å². The summed E-state index contributed by atoms with van der Waals surface area (Å²) in [6, 6.07) is 3.46. The highest BCUT2D eigenvalue weighted by Crippen LogP contribution is 2.37. The summed E-state index contributed by atoms with van der Waals surface area (Å²) in [5, 5.41) is 3.83. The Bertz CT molecular complexity index is 905. The average molecular weight is 404 g/mol. The van der Waals surface area contributed by atoms with Crippen molar-refractivity contribution in [2.45, 2.75) is 12.8 Å². The van der Waals surface area contributed by atoms with Crippen LogP contribution in [0.5, 0.6) is 5.75 Å². The summed E-state index contributed by atoms with van der Waals surface area (Å²) in [7, 11) is -1.65. The minimum Gasteiger partial charge on any atom is -0.494 e. The van der Waals surface area contributed by atoms with Gasteiger partial charge >= 0.3 is 0 Å². The number of benzene rings is 1. The molecule has 0 saturated carbocycles. The number of anilines is 1. The Morgan fingerprint density at radius 1 is 1.40 bits per heavy atom. The Kier molecular flexibility index (Phi) is 5.19. The van der Waals surface area contributed by atoms with Gasteiger partial charge in [0.25, 0.3) is 0 Å². The number of nitrogens with one attached hydrogen (secondary N) is 1. The van der Waals surface area contributed by atoms with Crippen LogP contribution in [-0.4, -0.2) is 50.1 Å². The third kappa shape index (κ3) is 3.89. The maximum Gasteiger partial charge on any atom is 0.229 e. The normalized spacial score (nSPS) is 16.9. The lowest BCUT2D eigenvalue weighted by Gasteiger charge is -2.29. The number of rotatable bonds is 4. The third-order valence-electron chi connectivity index (χ3n) is 4.20. The van der Waals surface area contributed by atoms with Crippen LogP contribution in [0.1, 0.15) is 12.8 Å². The van der Waals surface area contributed by atoms with Crippen molar-refractivity contribution in [3.8, 4) is 5.75 Å². The molecular weight excluding hydrogens is 386 g/mol. The van der Waals surface area contributed by atoms with Gasteiger partial charge in [0.05, 0.1) is 23.1 Å². The number of amides is 1. The Hall–Kier alpha value is -1.42. The quantitative estimate of drug-likeness (QED) is 0.847. The number of carbonyl (C=O) groups is 1. The lowest BCUT2D eigenvalue weighted by molar-refractivity contribution is -0.120. The highest BCUT2D eigenvalue weighted by atomic mass is 35.5. The molecule has 0 aliphatic carbocycles. The van der Waals surface area contributed by atoms with Gasteiger partial charge in [-0.25, -0.2) is 17.7 Å². The van der Waals surface area contributed by atoms with Crippen LogP contribution in [0, 0.1) is 5.92 Å². The van der Waals surface area contributed by atoms with E-state index < -0.39 is 10.0 Å². The van der Waals surface area contributed by atoms with Crippen molar-refractivity contribution in [1.29, 1.82) is 0 Å². The number of carbonyl (C=O) groups excluding carboxylic acids is 1. The number of thiazole rings is 1. The Morgan fingerprint density at radius 3 is 2.68 bits per heavy atom. The summed E-state index contributed by atoms with van der Waals surface area (Å²) in [5.74, 6) is 0.210. The van der Waals surface area contributed by atoms with Gasteiger partial charge in [0, 0.05) is 19.0 Å². The fraction of sp³-hybridized carbons (Fsp3) is 0.467. The van der Waals surface area contributed by atoms with E-state index in [1.165, 1.54) is 21.9 Å². The van der Waals surface area contributed by atoms with Crippen molar-refractivity contribution >= 4 is 54.2 Å². The van der Waals surface area contributed by atoms with Crippen LogP contribution in [0.4, 0.5) is 5.13 Å². The van der Waals surface area contributed by atoms with E-state index in [-0.39, 0.29) is 11.8 Å². The fourth-order valence-electron chi connectivity index (χ4n) is 2.83. The van der Waals surface area contributed by atoms with E-state index in [2.05, 4.69) is 10.3 Å². The van der Waals surface area contributed by atoms with Crippen molar-refractivity contribution < 1.29 is 17.9 Å². The van der Waals surface area contributed by atoms with Gasteiger partial charge in [0.1, 0.15) is 11.3 Å². The van der Waals surface area contributed by atoms with Crippen LogP contribution in [0.3, 0.4) is 0 Å². The number of sulfonamides is 1. The Balaban J connectivity index is 1.72. The minimum atomic E-state index is -3.20. The Labute approximate surface area is 155 Å². The molecule has 0 spiro atoms. The molecule has 1 amide bonds. The molecular formula is C15H18ClN3O4S2. The monoisotopic (exact) mass is 403 g/mol. The molecule has 3 rings (SSSR count). The molecule has 2 heterocycles. The second-order valence-electron chi connectivity index (χ2n) is 5.87. The molecule has 1 aliphatic rings. The lowest BCUT2D eigenvalue weighted by atomic mass is 9.97. The summed E-state index contributed by atoms with van der Waals surface area (Å²) < 4.78 is 30.5. The fourth-order valence-corrected chi connectivity index (χ4v) is 4.86. The predicted molar refractivity (Wildman–Crippen MR) is 99.0 cm³/mol. The summed E-state index contributed by atoms with van der Waals surface area (Å²) in [6.45, 7) is 0.715. The zero-order chi connectivity index (χ0) is 18.2. The first-order chi connectivity index (χ1) is 11.8. The smallest absolute Gasteiger partial charge is 0.229 e. The summed E-state index contributed by atoms with van der Waals surface area (Å²) in [6.07, 6.45) is 2.17. The SMILES string of the molecule is COc1ccc(Cl)c2sc(NC(=O)C3CCN(S(C)(=O)=O)CC3)nc12. The molecule has 1 aliphatic heterocycles. The van der Waals surface area contributed by atoms with Gasteiger partial charge in [0.2, 0.25) is 15.9 Å². The van der Waals surface area contributed by atoms with E-state index in [4.69, 9.17) is 16.3 Å². The number of methoxy groups -OCH3 is 1. The van der Waals surface area contributed by atoms with E-state index in [1.54, 1.807) is 19.2 Å². The molecule has 0 bridgehead atoms. The first-order valence-corrected chi connectivity index (χ1v) is 10.7. The highest BCUT2D eigenvalue weighted by Gasteiger charge is 2.29. The summed E-state index contributed by atoms with van der Waals surface area (Å²) >= 11 is 7.47. The van der Waals surface area contributed by atoms with Crippen LogP contribution in [0.25, 0.3) is 10.2 Å². The first kappa shape index (κ1) is 18.4.